The maximum Gasteiger partial charge on any atom is 0.175 e. The van der Waals surface area contributed by atoms with Gasteiger partial charge in [-0.2, -0.15) is 10.2 Å². The van der Waals surface area contributed by atoms with Gasteiger partial charge in [-0.15, -0.1) is 0 Å². The molecule has 142 valence electrons. The fourth-order valence-corrected chi connectivity index (χ4v) is 3.47. The van der Waals surface area contributed by atoms with Gasteiger partial charge in [0.05, 0.1) is 36.2 Å². The van der Waals surface area contributed by atoms with E-state index in [-0.39, 0.29) is 11.7 Å². The summed E-state index contributed by atoms with van der Waals surface area (Å²) in [5, 5.41) is 11.5. The molecule has 0 saturated carbocycles. The molecule has 0 spiro atoms. The summed E-state index contributed by atoms with van der Waals surface area (Å²) >= 11 is 0. The van der Waals surface area contributed by atoms with Crippen molar-refractivity contribution >= 4 is 11.4 Å². The Bertz CT molecular complexity index is 1110. The molecule has 0 bridgehead atoms. The second-order valence-electron chi connectivity index (χ2n) is 6.40. The molecule has 1 atom stereocenters. The standard InChI is InChI=1S/C21H21N5O2/c1-3-14(20(27)17-13-24-26-11-7-10-22-21(17)26)16-12-23-25-19(16)15-8-5-6-9-18(15)28-4-2/h5-14H,3-4H2,1-2H3,(H,23,25). The molecule has 1 unspecified atom stereocenters. The summed E-state index contributed by atoms with van der Waals surface area (Å²) in [5.74, 6) is 0.377. The first-order valence-corrected chi connectivity index (χ1v) is 9.32. The van der Waals surface area contributed by atoms with Crippen LogP contribution in [0.4, 0.5) is 0 Å². The van der Waals surface area contributed by atoms with E-state index in [1.54, 1.807) is 35.4 Å². The van der Waals surface area contributed by atoms with Crippen LogP contribution in [-0.4, -0.2) is 37.2 Å². The van der Waals surface area contributed by atoms with Crippen LogP contribution < -0.4 is 4.74 Å². The fraction of sp³-hybridized carbons (Fsp3) is 0.238. The maximum absolute atomic E-state index is 13.4. The summed E-state index contributed by atoms with van der Waals surface area (Å²) in [4.78, 5) is 17.7. The highest BCUT2D eigenvalue weighted by atomic mass is 16.5. The molecule has 0 aliphatic heterocycles. The van der Waals surface area contributed by atoms with Gasteiger partial charge >= 0.3 is 0 Å². The zero-order valence-electron chi connectivity index (χ0n) is 15.8. The molecule has 4 aromatic rings. The van der Waals surface area contributed by atoms with Gasteiger partial charge in [-0.25, -0.2) is 9.50 Å². The van der Waals surface area contributed by atoms with Gasteiger partial charge in [0.15, 0.2) is 11.4 Å². The lowest BCUT2D eigenvalue weighted by atomic mass is 9.88. The van der Waals surface area contributed by atoms with Crippen molar-refractivity contribution in [3.8, 4) is 17.0 Å². The topological polar surface area (TPSA) is 85.2 Å². The van der Waals surface area contributed by atoms with Crippen molar-refractivity contribution in [1.29, 1.82) is 0 Å². The van der Waals surface area contributed by atoms with Gasteiger partial charge in [0.25, 0.3) is 0 Å². The summed E-state index contributed by atoms with van der Waals surface area (Å²) in [6, 6.07) is 9.54. The molecule has 0 fully saturated rings. The lowest BCUT2D eigenvalue weighted by Gasteiger charge is -2.15. The van der Waals surface area contributed by atoms with Crippen LogP contribution in [0.3, 0.4) is 0 Å². The van der Waals surface area contributed by atoms with E-state index in [9.17, 15) is 4.79 Å². The van der Waals surface area contributed by atoms with E-state index < -0.39 is 0 Å². The molecule has 3 aromatic heterocycles. The van der Waals surface area contributed by atoms with Crippen LogP contribution in [0.1, 0.15) is 42.1 Å². The zero-order chi connectivity index (χ0) is 19.5. The zero-order valence-corrected chi connectivity index (χ0v) is 15.8. The first-order chi connectivity index (χ1) is 13.7. The average molecular weight is 375 g/mol. The highest BCUT2D eigenvalue weighted by Gasteiger charge is 2.28. The molecule has 0 saturated heterocycles. The molecule has 7 heteroatoms. The number of aromatic amines is 1. The van der Waals surface area contributed by atoms with Crippen LogP contribution in [0, 0.1) is 0 Å². The Balaban J connectivity index is 1.77. The molecule has 1 aromatic carbocycles. The number of para-hydroxylation sites is 1. The normalized spacial score (nSPS) is 12.2. The molecule has 0 aliphatic carbocycles. The van der Waals surface area contributed by atoms with Gasteiger partial charge in [-0.05, 0) is 31.5 Å². The van der Waals surface area contributed by atoms with Crippen molar-refractivity contribution in [3.63, 3.8) is 0 Å². The van der Waals surface area contributed by atoms with Crippen LogP contribution in [0.2, 0.25) is 0 Å². The number of nitrogens with zero attached hydrogens (tertiary/aromatic N) is 4. The Kier molecular flexibility index (Phi) is 4.89. The van der Waals surface area contributed by atoms with Crippen molar-refractivity contribution < 1.29 is 9.53 Å². The third kappa shape index (κ3) is 3.05. The van der Waals surface area contributed by atoms with Crippen LogP contribution in [-0.2, 0) is 0 Å². The molecule has 0 radical (unpaired) electrons. The maximum atomic E-state index is 13.4. The number of carbonyl (C=O) groups excluding carboxylic acids is 1. The molecule has 1 N–H and O–H groups in total. The van der Waals surface area contributed by atoms with Gasteiger partial charge in [-0.1, -0.05) is 19.1 Å². The summed E-state index contributed by atoms with van der Waals surface area (Å²) in [7, 11) is 0. The minimum absolute atomic E-state index is 0.0206. The van der Waals surface area contributed by atoms with E-state index >= 15 is 0 Å². The summed E-state index contributed by atoms with van der Waals surface area (Å²) in [6.07, 6.45) is 7.38. The largest absolute Gasteiger partial charge is 0.493 e. The second-order valence-corrected chi connectivity index (χ2v) is 6.40. The molecule has 0 amide bonds. The van der Waals surface area contributed by atoms with E-state index in [1.807, 2.05) is 38.1 Å². The number of hydrogen-bond acceptors (Lipinski definition) is 5. The van der Waals surface area contributed by atoms with Crippen LogP contribution in [0.25, 0.3) is 16.9 Å². The third-order valence-corrected chi connectivity index (χ3v) is 4.77. The Morgan fingerprint density at radius 1 is 1.21 bits per heavy atom. The van der Waals surface area contributed by atoms with E-state index in [1.165, 1.54) is 0 Å². The van der Waals surface area contributed by atoms with Crippen molar-refractivity contribution in [1.82, 2.24) is 24.8 Å². The lowest BCUT2D eigenvalue weighted by molar-refractivity contribution is 0.0959. The molecule has 28 heavy (non-hydrogen) atoms. The quantitative estimate of drug-likeness (QED) is 0.495. The minimum Gasteiger partial charge on any atom is -0.493 e. The van der Waals surface area contributed by atoms with Crippen LogP contribution >= 0.6 is 0 Å². The molecule has 0 aliphatic rings. The van der Waals surface area contributed by atoms with E-state index in [2.05, 4.69) is 20.3 Å². The van der Waals surface area contributed by atoms with E-state index in [0.717, 1.165) is 22.6 Å². The predicted octanol–water partition coefficient (Wildman–Crippen LogP) is 3.89. The predicted molar refractivity (Wildman–Crippen MR) is 106 cm³/mol. The molecule has 7 nitrogen and oxygen atoms in total. The van der Waals surface area contributed by atoms with Crippen molar-refractivity contribution in [3.05, 3.63) is 66.2 Å². The van der Waals surface area contributed by atoms with E-state index in [4.69, 9.17) is 4.74 Å². The van der Waals surface area contributed by atoms with Gasteiger partial charge in [0, 0.05) is 23.5 Å². The van der Waals surface area contributed by atoms with Gasteiger partial charge in [-0.3, -0.25) is 9.89 Å². The number of aromatic nitrogens is 5. The summed E-state index contributed by atoms with van der Waals surface area (Å²) < 4.78 is 7.38. The van der Waals surface area contributed by atoms with Gasteiger partial charge in [0.1, 0.15) is 5.75 Å². The van der Waals surface area contributed by atoms with Crippen LogP contribution in [0.15, 0.2) is 55.1 Å². The molecular weight excluding hydrogens is 354 g/mol. The number of hydrogen-bond donors (Lipinski definition) is 1. The van der Waals surface area contributed by atoms with Crippen LogP contribution in [0.5, 0.6) is 5.75 Å². The number of ether oxygens (including phenoxy) is 1. The lowest BCUT2D eigenvalue weighted by Crippen LogP contribution is -2.13. The molecular formula is C21H21N5O2. The Morgan fingerprint density at radius 2 is 2.07 bits per heavy atom. The van der Waals surface area contributed by atoms with Gasteiger partial charge in [0.2, 0.25) is 0 Å². The average Bonchev–Trinajstić information content (AvgIpc) is 3.36. The second kappa shape index (κ2) is 7.64. The highest BCUT2D eigenvalue weighted by molar-refractivity contribution is 6.06. The summed E-state index contributed by atoms with van der Waals surface area (Å²) in [5.41, 5.74) is 3.60. The summed E-state index contributed by atoms with van der Waals surface area (Å²) in [6.45, 7) is 4.50. The van der Waals surface area contributed by atoms with Crippen molar-refractivity contribution in [2.45, 2.75) is 26.2 Å². The fourth-order valence-electron chi connectivity index (χ4n) is 3.47. The number of Topliss-reactive ketones (excluding diaryl/α,β-unsaturated/α-hetero) is 1. The number of fused-ring (bicyclic) bond motifs is 1. The SMILES string of the molecule is CCOc1ccccc1-c1[nH]ncc1C(CC)C(=O)c1cnn2cccnc12. The molecule has 3 heterocycles. The Hall–Kier alpha value is -3.48. The number of rotatable bonds is 7. The minimum atomic E-state index is -0.363. The smallest absolute Gasteiger partial charge is 0.175 e. The monoisotopic (exact) mass is 375 g/mol. The number of ketones is 1. The Morgan fingerprint density at radius 3 is 2.89 bits per heavy atom. The van der Waals surface area contributed by atoms with Gasteiger partial charge < -0.3 is 4.74 Å². The first-order valence-electron chi connectivity index (χ1n) is 9.32. The van der Waals surface area contributed by atoms with Crippen molar-refractivity contribution in [2.24, 2.45) is 0 Å². The first kappa shape index (κ1) is 17.9. The highest BCUT2D eigenvalue weighted by Crippen LogP contribution is 2.36. The number of nitrogens with one attached hydrogen (secondary N) is 1. The number of benzene rings is 1. The number of H-pyrrole nitrogens is 1. The van der Waals surface area contributed by atoms with Crippen molar-refractivity contribution in [2.75, 3.05) is 6.61 Å². The number of carbonyl (C=O) groups is 1. The third-order valence-electron chi connectivity index (χ3n) is 4.77. The van der Waals surface area contributed by atoms with E-state index in [0.29, 0.717) is 24.2 Å². The Labute approximate surface area is 162 Å². The molecule has 4 rings (SSSR count).